The quantitative estimate of drug-likeness (QED) is 0.195. The summed E-state index contributed by atoms with van der Waals surface area (Å²) in [6.07, 6.45) is 0.0333. The Kier molecular flexibility index (Phi) is 13.9. The minimum Gasteiger partial charge on any atom is -0.480 e. The lowest BCUT2D eigenvalue weighted by molar-refractivity contribution is -0.145. The highest BCUT2D eigenvalue weighted by Crippen LogP contribution is 2.11. The molecule has 0 radical (unpaired) electrons. The number of aliphatic carboxylic acids is 4. The molecule has 1 rings (SSSR count). The molecule has 0 aromatic rings. The fourth-order valence-corrected chi connectivity index (χ4v) is 4.04. The van der Waals surface area contributed by atoms with Crippen molar-refractivity contribution in [1.29, 1.82) is 0 Å². The number of hydrogen-bond donors (Lipinski definition) is 5. The zero-order chi connectivity index (χ0) is 27.3. The van der Waals surface area contributed by atoms with Gasteiger partial charge in [-0.3, -0.25) is 43.6 Å². The van der Waals surface area contributed by atoms with E-state index in [0.29, 0.717) is 0 Å². The van der Waals surface area contributed by atoms with Crippen LogP contribution in [0.1, 0.15) is 26.7 Å². The zero-order valence-electron chi connectivity index (χ0n) is 21.0. The van der Waals surface area contributed by atoms with Gasteiger partial charge in [0.05, 0.1) is 19.6 Å². The number of amides is 1. The van der Waals surface area contributed by atoms with Gasteiger partial charge in [0, 0.05) is 64.8 Å². The van der Waals surface area contributed by atoms with Crippen molar-refractivity contribution in [2.75, 3.05) is 72.0 Å². The molecule has 0 aliphatic carbocycles. The first-order chi connectivity index (χ1) is 16.9. The van der Waals surface area contributed by atoms with Crippen LogP contribution in [0.4, 0.5) is 0 Å². The Morgan fingerprint density at radius 1 is 0.667 bits per heavy atom. The van der Waals surface area contributed by atoms with Gasteiger partial charge in [-0.05, 0) is 20.3 Å². The van der Waals surface area contributed by atoms with Crippen LogP contribution in [0.5, 0.6) is 0 Å². The summed E-state index contributed by atoms with van der Waals surface area (Å²) < 4.78 is 0. The maximum absolute atomic E-state index is 12.1. The second-order valence-electron chi connectivity index (χ2n) is 9.16. The Balaban J connectivity index is 3.10. The van der Waals surface area contributed by atoms with E-state index in [1.54, 1.807) is 33.4 Å². The molecular formula is C22H39N5O9. The van der Waals surface area contributed by atoms with Crippen molar-refractivity contribution >= 4 is 29.8 Å². The molecule has 1 atom stereocenters. The molecule has 1 unspecified atom stereocenters. The van der Waals surface area contributed by atoms with E-state index in [0.717, 1.165) is 0 Å². The highest BCUT2D eigenvalue weighted by Gasteiger charge is 2.28. The number of hydrogen-bond acceptors (Lipinski definition) is 9. The highest BCUT2D eigenvalue weighted by atomic mass is 16.4. The second-order valence-corrected chi connectivity index (χ2v) is 9.16. The first-order valence-electron chi connectivity index (χ1n) is 12.0. The van der Waals surface area contributed by atoms with Gasteiger partial charge in [0.15, 0.2) is 0 Å². The molecule has 14 nitrogen and oxygen atoms in total. The summed E-state index contributed by atoms with van der Waals surface area (Å²) in [4.78, 5) is 64.7. The van der Waals surface area contributed by atoms with Gasteiger partial charge in [-0.2, -0.15) is 0 Å². The van der Waals surface area contributed by atoms with Gasteiger partial charge in [0.25, 0.3) is 0 Å². The second kappa shape index (κ2) is 16.0. The van der Waals surface area contributed by atoms with Crippen molar-refractivity contribution in [3.63, 3.8) is 0 Å². The summed E-state index contributed by atoms with van der Waals surface area (Å²) >= 11 is 0. The molecule has 1 aliphatic rings. The maximum Gasteiger partial charge on any atom is 0.320 e. The van der Waals surface area contributed by atoms with Crippen LogP contribution in [-0.4, -0.2) is 154 Å². The minimum absolute atomic E-state index is 0.00647. The van der Waals surface area contributed by atoms with Crippen molar-refractivity contribution in [2.24, 2.45) is 0 Å². The van der Waals surface area contributed by atoms with E-state index >= 15 is 0 Å². The normalized spacial score (nSPS) is 18.6. The van der Waals surface area contributed by atoms with E-state index < -0.39 is 29.9 Å². The predicted molar refractivity (Wildman–Crippen MR) is 128 cm³/mol. The molecule has 14 heteroatoms. The van der Waals surface area contributed by atoms with Crippen molar-refractivity contribution in [1.82, 2.24) is 24.9 Å². The monoisotopic (exact) mass is 517 g/mol. The average Bonchev–Trinajstić information content (AvgIpc) is 2.73. The van der Waals surface area contributed by atoms with Crippen molar-refractivity contribution < 1.29 is 44.4 Å². The zero-order valence-corrected chi connectivity index (χ0v) is 21.0. The Hall–Kier alpha value is -2.81. The van der Waals surface area contributed by atoms with E-state index in [-0.39, 0.29) is 96.8 Å². The highest BCUT2D eigenvalue weighted by molar-refractivity contribution is 5.78. The predicted octanol–water partition coefficient (Wildman–Crippen LogP) is -1.78. The number of carboxylic acid groups (broad SMARTS) is 4. The first-order valence-corrected chi connectivity index (χ1v) is 12.0. The summed E-state index contributed by atoms with van der Waals surface area (Å²) in [7, 11) is 0. The van der Waals surface area contributed by atoms with Crippen LogP contribution < -0.4 is 5.32 Å². The number of carboxylic acids is 4. The maximum atomic E-state index is 12.1. The van der Waals surface area contributed by atoms with Crippen LogP contribution in [0.2, 0.25) is 0 Å². The number of nitrogens with zero attached hydrogens (tertiary/aromatic N) is 4. The molecule has 0 spiro atoms. The number of nitrogens with one attached hydrogen (secondary N) is 1. The Bertz CT molecular complexity index is 732. The van der Waals surface area contributed by atoms with Gasteiger partial charge >= 0.3 is 23.9 Å². The van der Waals surface area contributed by atoms with Gasteiger partial charge in [-0.1, -0.05) is 0 Å². The fraction of sp³-hybridized carbons (Fsp3) is 0.773. The first kappa shape index (κ1) is 31.2. The fourth-order valence-electron chi connectivity index (χ4n) is 4.04. The minimum atomic E-state index is -1.12. The molecule has 206 valence electrons. The number of rotatable bonds is 12. The summed E-state index contributed by atoms with van der Waals surface area (Å²) in [5.74, 6) is -4.57. The van der Waals surface area contributed by atoms with E-state index in [9.17, 15) is 44.4 Å². The molecule has 1 saturated heterocycles. The Labute approximate surface area is 210 Å². The largest absolute Gasteiger partial charge is 0.480 e. The van der Waals surface area contributed by atoms with E-state index in [1.807, 2.05) is 0 Å². The van der Waals surface area contributed by atoms with Crippen molar-refractivity contribution in [3.8, 4) is 0 Å². The van der Waals surface area contributed by atoms with Crippen LogP contribution in [-0.2, 0) is 24.0 Å². The lowest BCUT2D eigenvalue weighted by Crippen LogP contribution is -2.52. The van der Waals surface area contributed by atoms with E-state index in [4.69, 9.17) is 0 Å². The molecule has 1 aliphatic heterocycles. The SMILES string of the molecule is CC(C)NC(=O)CCC(C(=O)O)N1CCN(CC(=O)O)CCN(CC(=O)O)CCN(CC(=O)O)CC1. The molecule has 1 heterocycles. The molecule has 1 fully saturated rings. The molecule has 0 saturated carbocycles. The van der Waals surface area contributed by atoms with Crippen molar-refractivity contribution in [3.05, 3.63) is 0 Å². The van der Waals surface area contributed by atoms with Gasteiger partial charge in [-0.25, -0.2) is 0 Å². The Morgan fingerprint density at radius 3 is 1.33 bits per heavy atom. The molecule has 0 aromatic carbocycles. The average molecular weight is 518 g/mol. The van der Waals surface area contributed by atoms with Crippen LogP contribution in [0, 0.1) is 0 Å². The Morgan fingerprint density at radius 2 is 1.03 bits per heavy atom. The van der Waals surface area contributed by atoms with Gasteiger partial charge < -0.3 is 25.7 Å². The van der Waals surface area contributed by atoms with Crippen LogP contribution in [0.3, 0.4) is 0 Å². The third-order valence-electron chi connectivity index (χ3n) is 5.77. The smallest absolute Gasteiger partial charge is 0.320 e. The third-order valence-corrected chi connectivity index (χ3v) is 5.77. The summed E-state index contributed by atoms with van der Waals surface area (Å²) in [6, 6.07) is -1.11. The molecular weight excluding hydrogens is 478 g/mol. The van der Waals surface area contributed by atoms with Crippen LogP contribution >= 0.6 is 0 Å². The van der Waals surface area contributed by atoms with E-state index in [2.05, 4.69) is 5.32 Å². The van der Waals surface area contributed by atoms with Gasteiger partial charge in [0.1, 0.15) is 6.04 Å². The summed E-state index contributed by atoms with van der Waals surface area (Å²) in [5, 5.41) is 40.4. The molecule has 5 N–H and O–H groups in total. The topological polar surface area (TPSA) is 191 Å². The summed E-state index contributed by atoms with van der Waals surface area (Å²) in [5.41, 5.74) is 0. The molecule has 0 aromatic heterocycles. The van der Waals surface area contributed by atoms with Gasteiger partial charge in [-0.15, -0.1) is 0 Å². The standard InChI is InChI=1S/C22H39N5O9/c1-16(2)23-18(28)4-3-17(22(35)36)27-11-9-25(14-20(31)32)7-5-24(13-19(29)30)6-8-26(10-12-27)15-21(33)34/h16-17H,3-15H2,1-2H3,(H,23,28)(H,29,30)(H,31,32)(H,33,34)(H,35,36). The summed E-state index contributed by atoms with van der Waals surface area (Å²) in [6.45, 7) is 4.46. The van der Waals surface area contributed by atoms with Crippen LogP contribution in [0.15, 0.2) is 0 Å². The van der Waals surface area contributed by atoms with E-state index in [1.165, 1.54) is 0 Å². The van der Waals surface area contributed by atoms with Gasteiger partial charge in [0.2, 0.25) is 5.91 Å². The lowest BCUT2D eigenvalue weighted by atomic mass is 10.1. The number of carbonyl (C=O) groups excluding carboxylic acids is 1. The number of carbonyl (C=O) groups is 5. The third kappa shape index (κ3) is 13.3. The molecule has 0 bridgehead atoms. The van der Waals surface area contributed by atoms with Crippen molar-refractivity contribution in [2.45, 2.75) is 38.8 Å². The molecule has 1 amide bonds. The lowest BCUT2D eigenvalue weighted by Gasteiger charge is -2.35. The van der Waals surface area contributed by atoms with Crippen LogP contribution in [0.25, 0.3) is 0 Å². The molecule has 36 heavy (non-hydrogen) atoms.